The molecule has 2 aromatic heterocycles. The Labute approximate surface area is 210 Å². The van der Waals surface area contributed by atoms with Crippen LogP contribution in [0.15, 0.2) is 48.7 Å². The number of piperazine rings is 1. The molecule has 7 rings (SSSR count). The van der Waals surface area contributed by atoms with Gasteiger partial charge >= 0.3 is 0 Å². The number of pyridine rings is 1. The number of likely N-dealkylation sites (N-methyl/N-ethyl adjacent to an activating group) is 1. The first kappa shape index (κ1) is 21.9. The smallest absolute Gasteiger partial charge is 0.228 e. The highest BCUT2D eigenvalue weighted by Crippen LogP contribution is 2.36. The van der Waals surface area contributed by atoms with E-state index in [0.717, 1.165) is 48.3 Å². The van der Waals surface area contributed by atoms with Crippen LogP contribution in [0.3, 0.4) is 0 Å². The summed E-state index contributed by atoms with van der Waals surface area (Å²) >= 11 is 0. The van der Waals surface area contributed by atoms with Crippen LogP contribution in [0.2, 0.25) is 0 Å². The molecule has 0 radical (unpaired) electrons. The van der Waals surface area contributed by atoms with Crippen molar-refractivity contribution in [3.05, 3.63) is 54.5 Å². The molecule has 2 bridgehead atoms. The van der Waals surface area contributed by atoms with Crippen LogP contribution in [-0.4, -0.2) is 78.3 Å². The summed E-state index contributed by atoms with van der Waals surface area (Å²) in [4.78, 5) is 21.2. The Bertz CT molecular complexity index is 1450. The first-order chi connectivity index (χ1) is 17.5. The maximum Gasteiger partial charge on any atom is 0.228 e. The third-order valence-electron chi connectivity index (χ3n) is 8.09. The largest absolute Gasteiger partial charge is 0.353 e. The number of anilines is 2. The molecule has 3 aliphatic heterocycles. The predicted molar refractivity (Wildman–Crippen MR) is 142 cm³/mol. The van der Waals surface area contributed by atoms with E-state index in [1.807, 2.05) is 42.5 Å². The van der Waals surface area contributed by atoms with E-state index in [2.05, 4.69) is 39.1 Å². The lowest BCUT2D eigenvalue weighted by Crippen LogP contribution is -2.58. The average molecular weight is 484 g/mol. The van der Waals surface area contributed by atoms with Crippen LogP contribution < -0.4 is 15.1 Å². The van der Waals surface area contributed by atoms with Crippen molar-refractivity contribution in [2.45, 2.75) is 31.0 Å². The fraction of sp³-hybridized carbons (Fsp3) is 0.393. The number of benzene rings is 2. The fourth-order valence-corrected chi connectivity index (χ4v) is 5.95. The Morgan fingerprint density at radius 2 is 1.64 bits per heavy atom. The molecule has 4 aromatic rings. The second-order valence-corrected chi connectivity index (χ2v) is 10.6. The molecule has 2 unspecified atom stereocenters. The van der Waals surface area contributed by atoms with Crippen molar-refractivity contribution in [1.29, 1.82) is 0 Å². The number of rotatable bonds is 4. The molecule has 0 saturated carbocycles. The molecule has 2 atom stereocenters. The first-order valence-corrected chi connectivity index (χ1v) is 12.8. The van der Waals surface area contributed by atoms with E-state index >= 15 is 4.39 Å². The highest BCUT2D eigenvalue weighted by Gasteiger charge is 2.36. The van der Waals surface area contributed by atoms with Gasteiger partial charge in [-0.15, -0.1) is 0 Å². The number of fused-ring (bicyclic) bond motifs is 4. The lowest BCUT2D eigenvalue weighted by atomic mass is 10.0. The quantitative estimate of drug-likeness (QED) is 0.475. The van der Waals surface area contributed by atoms with Gasteiger partial charge < -0.3 is 20.0 Å². The third-order valence-corrected chi connectivity index (χ3v) is 8.09. The van der Waals surface area contributed by atoms with Crippen LogP contribution >= 0.6 is 0 Å². The lowest BCUT2D eigenvalue weighted by Gasteiger charge is -2.43. The number of halogens is 1. The zero-order valence-electron chi connectivity index (χ0n) is 20.7. The van der Waals surface area contributed by atoms with E-state index in [1.54, 1.807) is 6.20 Å². The van der Waals surface area contributed by atoms with Gasteiger partial charge in [0.2, 0.25) is 5.95 Å². The van der Waals surface area contributed by atoms with Gasteiger partial charge in [-0.05, 0) is 37.7 Å². The molecule has 0 aliphatic carbocycles. The van der Waals surface area contributed by atoms with Crippen LogP contribution in [0.1, 0.15) is 12.8 Å². The summed E-state index contributed by atoms with van der Waals surface area (Å²) in [5, 5.41) is 6.41. The Balaban J connectivity index is 1.38. The third kappa shape index (κ3) is 3.50. The molecular weight excluding hydrogens is 453 g/mol. The van der Waals surface area contributed by atoms with E-state index in [4.69, 9.17) is 9.97 Å². The number of nitrogens with one attached hydrogen (secondary N) is 1. The first-order valence-electron chi connectivity index (χ1n) is 12.8. The van der Waals surface area contributed by atoms with Crippen molar-refractivity contribution in [1.82, 2.24) is 25.2 Å². The lowest BCUT2D eigenvalue weighted by molar-refractivity contribution is 0.245. The number of hydrogen-bond donors (Lipinski definition) is 1. The molecule has 5 heterocycles. The molecule has 3 saturated heterocycles. The van der Waals surface area contributed by atoms with Gasteiger partial charge in [0.15, 0.2) is 5.82 Å². The molecular formula is C28H30FN7. The summed E-state index contributed by atoms with van der Waals surface area (Å²) in [6.45, 7) is 3.42. The van der Waals surface area contributed by atoms with Gasteiger partial charge in [0, 0.05) is 56.1 Å². The van der Waals surface area contributed by atoms with Crippen LogP contribution in [0.25, 0.3) is 32.9 Å². The number of hydrogen-bond acceptors (Lipinski definition) is 7. The molecule has 1 N–H and O–H groups in total. The van der Waals surface area contributed by atoms with E-state index < -0.39 is 0 Å². The Kier molecular flexibility index (Phi) is 5.08. The van der Waals surface area contributed by atoms with Crippen LogP contribution in [0, 0.1) is 5.82 Å². The minimum atomic E-state index is -0.378. The van der Waals surface area contributed by atoms with E-state index in [-0.39, 0.29) is 5.82 Å². The normalized spacial score (nSPS) is 22.1. The SMILES string of the molecule is CN(C)C1CN(c2nc(N3CC4CCC(C3)N4)c3cnc(-c4cccc5ccccc45)c(F)c3n2)C1. The minimum absolute atomic E-state index is 0.338. The van der Waals surface area contributed by atoms with Crippen molar-refractivity contribution >= 4 is 33.4 Å². The van der Waals surface area contributed by atoms with E-state index in [1.165, 1.54) is 12.8 Å². The standard InChI is InChI=1S/C28H30FN7/c1-34(2)20-15-36(16-20)28-32-26-23(27(33-28)35-13-18-10-11-19(14-35)31-18)12-30-25(24(26)29)22-9-5-7-17-6-3-4-8-21(17)22/h3-9,12,18-20,31H,10-11,13-16H2,1-2H3. The summed E-state index contributed by atoms with van der Waals surface area (Å²) in [6, 6.07) is 15.3. The molecule has 0 amide bonds. The highest BCUT2D eigenvalue weighted by atomic mass is 19.1. The summed E-state index contributed by atoms with van der Waals surface area (Å²) in [5.41, 5.74) is 1.48. The van der Waals surface area contributed by atoms with Crippen molar-refractivity contribution in [2.24, 2.45) is 0 Å². The molecule has 3 fully saturated rings. The van der Waals surface area contributed by atoms with E-state index in [9.17, 15) is 0 Å². The maximum absolute atomic E-state index is 16.4. The van der Waals surface area contributed by atoms with Crippen molar-refractivity contribution < 1.29 is 4.39 Å². The zero-order valence-corrected chi connectivity index (χ0v) is 20.7. The molecule has 2 aromatic carbocycles. The molecule has 184 valence electrons. The second kappa shape index (κ2) is 8.35. The number of aromatic nitrogens is 3. The maximum atomic E-state index is 16.4. The Hall–Kier alpha value is -3.36. The van der Waals surface area contributed by atoms with Gasteiger partial charge in [0.05, 0.1) is 5.39 Å². The summed E-state index contributed by atoms with van der Waals surface area (Å²) in [5.74, 6) is 1.03. The summed E-state index contributed by atoms with van der Waals surface area (Å²) in [6.07, 6.45) is 4.12. The van der Waals surface area contributed by atoms with Gasteiger partial charge in [0.1, 0.15) is 17.0 Å². The van der Waals surface area contributed by atoms with E-state index in [0.29, 0.717) is 40.7 Å². The van der Waals surface area contributed by atoms with Crippen LogP contribution in [0.5, 0.6) is 0 Å². The minimum Gasteiger partial charge on any atom is -0.353 e. The molecule has 7 nitrogen and oxygen atoms in total. The monoisotopic (exact) mass is 483 g/mol. The van der Waals surface area contributed by atoms with Crippen LogP contribution in [0.4, 0.5) is 16.2 Å². The Morgan fingerprint density at radius 3 is 2.42 bits per heavy atom. The molecule has 3 aliphatic rings. The van der Waals surface area contributed by atoms with Gasteiger partial charge in [0.25, 0.3) is 0 Å². The highest BCUT2D eigenvalue weighted by molar-refractivity contribution is 5.99. The van der Waals surface area contributed by atoms with Gasteiger partial charge in [-0.25, -0.2) is 9.37 Å². The van der Waals surface area contributed by atoms with Crippen LogP contribution in [-0.2, 0) is 0 Å². The van der Waals surface area contributed by atoms with Crippen molar-refractivity contribution in [3.8, 4) is 11.3 Å². The number of nitrogens with zero attached hydrogens (tertiary/aromatic N) is 6. The second-order valence-electron chi connectivity index (χ2n) is 10.6. The summed E-state index contributed by atoms with van der Waals surface area (Å²) < 4.78 is 16.4. The molecule has 36 heavy (non-hydrogen) atoms. The van der Waals surface area contributed by atoms with Gasteiger partial charge in [-0.3, -0.25) is 4.98 Å². The topological polar surface area (TPSA) is 60.4 Å². The average Bonchev–Trinajstić information content (AvgIpc) is 3.20. The fourth-order valence-electron chi connectivity index (χ4n) is 5.95. The van der Waals surface area contributed by atoms with Gasteiger partial charge in [-0.1, -0.05) is 42.5 Å². The van der Waals surface area contributed by atoms with Crippen molar-refractivity contribution in [2.75, 3.05) is 50.1 Å². The van der Waals surface area contributed by atoms with Crippen molar-refractivity contribution in [3.63, 3.8) is 0 Å². The molecule has 8 heteroatoms. The summed E-state index contributed by atoms with van der Waals surface area (Å²) in [7, 11) is 4.18. The zero-order chi connectivity index (χ0) is 24.4. The Morgan fingerprint density at radius 1 is 0.889 bits per heavy atom. The predicted octanol–water partition coefficient (Wildman–Crippen LogP) is 3.67. The molecule has 0 spiro atoms. The van der Waals surface area contributed by atoms with Gasteiger partial charge in [-0.2, -0.15) is 4.98 Å².